The van der Waals surface area contributed by atoms with Crippen LogP contribution in [0.4, 0.5) is 11.4 Å². The second kappa shape index (κ2) is 4.04. The smallest absolute Gasteiger partial charge is 0.0718 e. The minimum atomic E-state index is 0.560. The van der Waals surface area contributed by atoms with E-state index in [0.29, 0.717) is 15.7 Å². The molecule has 2 N–H and O–H groups in total. The van der Waals surface area contributed by atoms with Crippen LogP contribution in [0.5, 0.6) is 0 Å². The van der Waals surface area contributed by atoms with Crippen LogP contribution in [0.2, 0.25) is 10.0 Å². The molecular weight excluding hydrogens is 243 g/mol. The highest BCUT2D eigenvalue weighted by molar-refractivity contribution is 6.42. The lowest BCUT2D eigenvalue weighted by molar-refractivity contribution is 1.14. The fraction of sp³-hybridized carbons (Fsp3) is 0.167. The minimum Gasteiger partial charge on any atom is -0.398 e. The zero-order valence-electron chi connectivity index (χ0n) is 9.09. The Labute approximate surface area is 105 Å². The summed E-state index contributed by atoms with van der Waals surface area (Å²) in [5.74, 6) is 0. The average molecular weight is 255 g/mol. The molecule has 2 nitrogen and oxygen atoms in total. The van der Waals surface area contributed by atoms with E-state index in [-0.39, 0.29) is 0 Å². The van der Waals surface area contributed by atoms with Gasteiger partial charge in [-0.05, 0) is 12.1 Å². The maximum atomic E-state index is 6.32. The standard InChI is InChI=1S/C12H12Cl2N2/c1-16(2)10-6-4-7-8(12(10)14)3-5-9(15)11(7)13/h3-6H,15H2,1-2H3. The quantitative estimate of drug-likeness (QED) is 0.785. The van der Waals surface area contributed by atoms with Crippen LogP contribution >= 0.6 is 23.2 Å². The number of hydrogen-bond donors (Lipinski definition) is 1. The van der Waals surface area contributed by atoms with Crippen molar-refractivity contribution in [2.45, 2.75) is 0 Å². The molecule has 0 saturated heterocycles. The first-order valence-electron chi connectivity index (χ1n) is 4.86. The SMILES string of the molecule is CN(C)c1ccc2c(Cl)c(N)ccc2c1Cl. The van der Waals surface area contributed by atoms with Crippen LogP contribution in [0.25, 0.3) is 10.8 Å². The summed E-state index contributed by atoms with van der Waals surface area (Å²) in [4.78, 5) is 1.96. The van der Waals surface area contributed by atoms with Gasteiger partial charge in [-0.3, -0.25) is 0 Å². The van der Waals surface area contributed by atoms with Gasteiger partial charge in [0.25, 0.3) is 0 Å². The molecule has 0 amide bonds. The lowest BCUT2D eigenvalue weighted by atomic mass is 10.1. The topological polar surface area (TPSA) is 29.3 Å². The van der Waals surface area contributed by atoms with Crippen molar-refractivity contribution in [3.8, 4) is 0 Å². The molecule has 0 aliphatic carbocycles. The number of anilines is 2. The Bertz CT molecular complexity index is 550. The molecule has 0 radical (unpaired) electrons. The van der Waals surface area contributed by atoms with Crippen LogP contribution in [0, 0.1) is 0 Å². The first kappa shape index (κ1) is 11.4. The van der Waals surface area contributed by atoms with Gasteiger partial charge in [0.05, 0.1) is 21.4 Å². The lowest BCUT2D eigenvalue weighted by Crippen LogP contribution is -2.09. The van der Waals surface area contributed by atoms with Crippen molar-refractivity contribution in [2.24, 2.45) is 0 Å². The van der Waals surface area contributed by atoms with Gasteiger partial charge in [-0.15, -0.1) is 0 Å². The molecule has 0 bridgehead atoms. The molecule has 2 aromatic rings. The fourth-order valence-corrected chi connectivity index (χ4v) is 2.31. The third-order valence-corrected chi connectivity index (χ3v) is 3.38. The number of fused-ring (bicyclic) bond motifs is 1. The summed E-state index contributed by atoms with van der Waals surface area (Å²) >= 11 is 12.5. The van der Waals surface area contributed by atoms with E-state index >= 15 is 0 Å². The van der Waals surface area contributed by atoms with Crippen molar-refractivity contribution in [1.29, 1.82) is 0 Å². The number of benzene rings is 2. The van der Waals surface area contributed by atoms with Gasteiger partial charge in [0, 0.05) is 24.9 Å². The number of rotatable bonds is 1. The summed E-state index contributed by atoms with van der Waals surface area (Å²) in [6.45, 7) is 0. The minimum absolute atomic E-state index is 0.560. The van der Waals surface area contributed by atoms with E-state index in [1.165, 1.54) is 0 Å². The van der Waals surface area contributed by atoms with Gasteiger partial charge < -0.3 is 10.6 Å². The summed E-state index contributed by atoms with van der Waals surface area (Å²) in [7, 11) is 3.90. The lowest BCUT2D eigenvalue weighted by Gasteiger charge is -2.16. The van der Waals surface area contributed by atoms with Crippen molar-refractivity contribution in [1.82, 2.24) is 0 Å². The maximum absolute atomic E-state index is 6.32. The third kappa shape index (κ3) is 1.68. The Hall–Kier alpha value is -1.12. The van der Waals surface area contributed by atoms with Crippen molar-refractivity contribution in [3.63, 3.8) is 0 Å². The predicted octanol–water partition coefficient (Wildman–Crippen LogP) is 3.79. The molecule has 0 spiro atoms. The van der Waals surface area contributed by atoms with Crippen LogP contribution in [-0.4, -0.2) is 14.1 Å². The van der Waals surface area contributed by atoms with Crippen LogP contribution in [-0.2, 0) is 0 Å². The van der Waals surface area contributed by atoms with Crippen molar-refractivity contribution in [2.75, 3.05) is 24.7 Å². The summed E-state index contributed by atoms with van der Waals surface area (Å²) in [6, 6.07) is 7.55. The Balaban J connectivity index is 2.82. The van der Waals surface area contributed by atoms with Crippen LogP contribution in [0.15, 0.2) is 24.3 Å². The summed E-state index contributed by atoms with van der Waals surface area (Å²) < 4.78 is 0. The molecule has 84 valence electrons. The largest absolute Gasteiger partial charge is 0.398 e. The Kier molecular flexibility index (Phi) is 2.87. The predicted molar refractivity (Wildman–Crippen MR) is 72.7 cm³/mol. The number of halogens is 2. The van der Waals surface area contributed by atoms with E-state index in [9.17, 15) is 0 Å². The van der Waals surface area contributed by atoms with Crippen molar-refractivity contribution in [3.05, 3.63) is 34.3 Å². The molecule has 0 fully saturated rings. The number of hydrogen-bond acceptors (Lipinski definition) is 2. The molecule has 2 aromatic carbocycles. The summed E-state index contributed by atoms with van der Waals surface area (Å²) in [6.07, 6.45) is 0. The van der Waals surface area contributed by atoms with Gasteiger partial charge in [-0.2, -0.15) is 0 Å². The highest BCUT2D eigenvalue weighted by atomic mass is 35.5. The van der Waals surface area contributed by atoms with E-state index in [1.54, 1.807) is 6.07 Å². The monoisotopic (exact) mass is 254 g/mol. The molecule has 0 heterocycles. The molecular formula is C12H12Cl2N2. The number of nitrogens with zero attached hydrogens (tertiary/aromatic N) is 1. The van der Waals surface area contributed by atoms with Crippen molar-refractivity contribution < 1.29 is 0 Å². The molecule has 2 rings (SSSR count). The average Bonchev–Trinajstić information content (AvgIpc) is 2.23. The molecule has 0 atom stereocenters. The second-order valence-corrected chi connectivity index (χ2v) is 4.61. The molecule has 0 aliphatic rings. The van der Waals surface area contributed by atoms with E-state index in [1.807, 2.05) is 37.2 Å². The molecule has 0 aromatic heterocycles. The first-order valence-corrected chi connectivity index (χ1v) is 5.61. The van der Waals surface area contributed by atoms with E-state index in [2.05, 4.69) is 0 Å². The Morgan fingerprint density at radius 2 is 1.50 bits per heavy atom. The van der Waals surface area contributed by atoms with Gasteiger partial charge in [0.2, 0.25) is 0 Å². The zero-order valence-corrected chi connectivity index (χ0v) is 10.6. The Morgan fingerprint density at radius 1 is 0.938 bits per heavy atom. The fourth-order valence-electron chi connectivity index (χ4n) is 1.68. The first-order chi connectivity index (χ1) is 7.52. The third-order valence-electron chi connectivity index (χ3n) is 2.56. The van der Waals surface area contributed by atoms with E-state index < -0.39 is 0 Å². The summed E-state index contributed by atoms with van der Waals surface area (Å²) in [5, 5.41) is 3.07. The van der Waals surface area contributed by atoms with Gasteiger partial charge in [-0.1, -0.05) is 35.3 Å². The Morgan fingerprint density at radius 3 is 2.12 bits per heavy atom. The highest BCUT2D eigenvalue weighted by Crippen LogP contribution is 2.37. The molecule has 4 heteroatoms. The second-order valence-electron chi connectivity index (χ2n) is 3.86. The number of nitrogens with two attached hydrogens (primary N) is 1. The molecule has 0 aliphatic heterocycles. The van der Waals surface area contributed by atoms with Gasteiger partial charge in [-0.25, -0.2) is 0 Å². The van der Waals surface area contributed by atoms with Gasteiger partial charge in [0.15, 0.2) is 0 Å². The van der Waals surface area contributed by atoms with E-state index in [0.717, 1.165) is 16.5 Å². The highest BCUT2D eigenvalue weighted by Gasteiger charge is 2.10. The van der Waals surface area contributed by atoms with Crippen molar-refractivity contribution >= 4 is 45.3 Å². The normalized spacial score (nSPS) is 10.8. The zero-order chi connectivity index (χ0) is 11.9. The summed E-state index contributed by atoms with van der Waals surface area (Å²) in [5.41, 5.74) is 7.29. The van der Waals surface area contributed by atoms with Crippen LogP contribution in [0.1, 0.15) is 0 Å². The molecule has 0 saturated carbocycles. The molecule has 16 heavy (non-hydrogen) atoms. The van der Waals surface area contributed by atoms with Crippen LogP contribution < -0.4 is 10.6 Å². The van der Waals surface area contributed by atoms with Gasteiger partial charge >= 0.3 is 0 Å². The number of nitrogen functional groups attached to an aromatic ring is 1. The van der Waals surface area contributed by atoms with Crippen LogP contribution in [0.3, 0.4) is 0 Å². The maximum Gasteiger partial charge on any atom is 0.0718 e. The molecule has 0 unspecified atom stereocenters. The van der Waals surface area contributed by atoms with E-state index in [4.69, 9.17) is 28.9 Å². The van der Waals surface area contributed by atoms with Gasteiger partial charge in [0.1, 0.15) is 0 Å².